The zero-order chi connectivity index (χ0) is 14.4. The Bertz CT molecular complexity index is 439. The van der Waals surface area contributed by atoms with Crippen molar-refractivity contribution in [3.05, 3.63) is 16.1 Å². The summed E-state index contributed by atoms with van der Waals surface area (Å²) in [6.45, 7) is 10.5. The summed E-state index contributed by atoms with van der Waals surface area (Å²) in [7, 11) is 0. The number of nitrogens with one attached hydrogen (secondary N) is 1. The van der Waals surface area contributed by atoms with Gasteiger partial charge in [-0.15, -0.1) is 35.3 Å². The molecule has 0 unspecified atom stereocenters. The molecule has 6 heteroatoms. The Morgan fingerprint density at radius 1 is 1.48 bits per heavy atom. The first-order chi connectivity index (χ1) is 9.69. The molecular formula is C15H27IN4S. The van der Waals surface area contributed by atoms with E-state index < -0.39 is 0 Å². The molecule has 0 saturated carbocycles. The highest BCUT2D eigenvalue weighted by molar-refractivity contribution is 14.0. The third kappa shape index (κ3) is 6.10. The van der Waals surface area contributed by atoms with Crippen LogP contribution >= 0.6 is 35.3 Å². The van der Waals surface area contributed by atoms with Crippen molar-refractivity contribution in [2.75, 3.05) is 26.2 Å². The number of piperidine rings is 1. The molecule has 0 bridgehead atoms. The number of halogens is 1. The molecular weight excluding hydrogens is 395 g/mol. The number of hydrogen-bond acceptors (Lipinski definition) is 3. The average molecular weight is 422 g/mol. The lowest BCUT2D eigenvalue weighted by Crippen LogP contribution is -2.45. The zero-order valence-electron chi connectivity index (χ0n) is 13.3. The molecule has 0 amide bonds. The molecule has 1 aromatic heterocycles. The molecule has 120 valence electrons. The highest BCUT2D eigenvalue weighted by Crippen LogP contribution is 2.16. The SMILES string of the molecule is CCNC(=NCCc1csc(C)n1)N1CCC(C)CC1.I. The third-order valence-electron chi connectivity index (χ3n) is 3.71. The highest BCUT2D eigenvalue weighted by Gasteiger charge is 2.18. The largest absolute Gasteiger partial charge is 0.357 e. The standard InChI is InChI=1S/C15H26N4S.HI/c1-4-16-15(19-9-6-12(2)7-10-19)17-8-5-14-11-20-13(3)18-14;/h11-12H,4-10H2,1-3H3,(H,16,17);1H. The van der Waals surface area contributed by atoms with Crippen LogP contribution in [0.1, 0.15) is 37.4 Å². The van der Waals surface area contributed by atoms with Gasteiger partial charge < -0.3 is 10.2 Å². The van der Waals surface area contributed by atoms with Crippen molar-refractivity contribution in [3.63, 3.8) is 0 Å². The van der Waals surface area contributed by atoms with E-state index >= 15 is 0 Å². The summed E-state index contributed by atoms with van der Waals surface area (Å²) in [6.07, 6.45) is 3.48. The molecule has 0 atom stereocenters. The summed E-state index contributed by atoms with van der Waals surface area (Å²) in [6, 6.07) is 0. The molecule has 1 aromatic rings. The van der Waals surface area contributed by atoms with Crippen molar-refractivity contribution in [1.82, 2.24) is 15.2 Å². The number of thiazole rings is 1. The number of rotatable bonds is 4. The number of nitrogens with zero attached hydrogens (tertiary/aromatic N) is 3. The molecule has 1 aliphatic heterocycles. The van der Waals surface area contributed by atoms with E-state index in [-0.39, 0.29) is 24.0 Å². The first-order valence-electron chi connectivity index (χ1n) is 7.63. The maximum absolute atomic E-state index is 4.76. The Balaban J connectivity index is 0.00000220. The van der Waals surface area contributed by atoms with Gasteiger partial charge in [0.25, 0.3) is 0 Å². The fraction of sp³-hybridized carbons (Fsp3) is 0.733. The van der Waals surface area contributed by atoms with Gasteiger partial charge in [0.2, 0.25) is 0 Å². The van der Waals surface area contributed by atoms with Gasteiger partial charge in [-0.2, -0.15) is 0 Å². The molecule has 0 spiro atoms. The van der Waals surface area contributed by atoms with Crippen LogP contribution in [0.2, 0.25) is 0 Å². The zero-order valence-corrected chi connectivity index (χ0v) is 16.4. The Morgan fingerprint density at radius 2 is 2.19 bits per heavy atom. The number of hydrogen-bond donors (Lipinski definition) is 1. The van der Waals surface area contributed by atoms with Crippen LogP contribution in [0.5, 0.6) is 0 Å². The number of aromatic nitrogens is 1. The molecule has 0 aliphatic carbocycles. The second kappa shape index (κ2) is 9.61. The summed E-state index contributed by atoms with van der Waals surface area (Å²) in [5, 5.41) is 6.70. The van der Waals surface area contributed by atoms with E-state index in [0.29, 0.717) is 0 Å². The molecule has 4 nitrogen and oxygen atoms in total. The van der Waals surface area contributed by atoms with Crippen LogP contribution in [0.15, 0.2) is 10.4 Å². The predicted octanol–water partition coefficient (Wildman–Crippen LogP) is 3.31. The maximum Gasteiger partial charge on any atom is 0.193 e. The lowest BCUT2D eigenvalue weighted by Gasteiger charge is -2.33. The van der Waals surface area contributed by atoms with E-state index in [4.69, 9.17) is 4.99 Å². The third-order valence-corrected chi connectivity index (χ3v) is 4.54. The highest BCUT2D eigenvalue weighted by atomic mass is 127. The fourth-order valence-corrected chi connectivity index (χ4v) is 3.09. The molecule has 0 aromatic carbocycles. The molecule has 1 aliphatic rings. The molecule has 1 saturated heterocycles. The lowest BCUT2D eigenvalue weighted by molar-refractivity contribution is 0.273. The number of aryl methyl sites for hydroxylation is 1. The van der Waals surface area contributed by atoms with E-state index in [0.717, 1.165) is 49.5 Å². The van der Waals surface area contributed by atoms with Crippen molar-refractivity contribution >= 4 is 41.3 Å². The molecule has 0 radical (unpaired) electrons. The Morgan fingerprint density at radius 3 is 2.76 bits per heavy atom. The smallest absolute Gasteiger partial charge is 0.193 e. The van der Waals surface area contributed by atoms with Gasteiger partial charge in [-0.25, -0.2) is 4.98 Å². The van der Waals surface area contributed by atoms with Gasteiger partial charge in [0.05, 0.1) is 10.7 Å². The van der Waals surface area contributed by atoms with Gasteiger partial charge in [0.15, 0.2) is 5.96 Å². The maximum atomic E-state index is 4.76. The Labute approximate surface area is 149 Å². The van der Waals surface area contributed by atoms with Crippen molar-refractivity contribution in [2.24, 2.45) is 10.9 Å². The van der Waals surface area contributed by atoms with Crippen LogP contribution in [0.25, 0.3) is 0 Å². The van der Waals surface area contributed by atoms with E-state index in [9.17, 15) is 0 Å². The van der Waals surface area contributed by atoms with Gasteiger partial charge >= 0.3 is 0 Å². The molecule has 1 fully saturated rings. The minimum Gasteiger partial charge on any atom is -0.357 e. The minimum absolute atomic E-state index is 0. The molecule has 2 heterocycles. The fourth-order valence-electron chi connectivity index (χ4n) is 2.45. The minimum atomic E-state index is 0. The van der Waals surface area contributed by atoms with Gasteiger partial charge in [-0.3, -0.25) is 4.99 Å². The van der Waals surface area contributed by atoms with Crippen LogP contribution in [-0.4, -0.2) is 42.0 Å². The van der Waals surface area contributed by atoms with Crippen LogP contribution in [0, 0.1) is 12.8 Å². The van der Waals surface area contributed by atoms with Gasteiger partial charge in [-0.1, -0.05) is 6.92 Å². The first kappa shape index (κ1) is 18.7. The average Bonchev–Trinajstić information content (AvgIpc) is 2.84. The summed E-state index contributed by atoms with van der Waals surface area (Å²) >= 11 is 1.72. The van der Waals surface area contributed by atoms with Crippen LogP contribution in [-0.2, 0) is 6.42 Å². The lowest BCUT2D eigenvalue weighted by atomic mass is 10.00. The first-order valence-corrected chi connectivity index (χ1v) is 8.51. The molecule has 1 N–H and O–H groups in total. The van der Waals surface area contributed by atoms with Crippen LogP contribution in [0.4, 0.5) is 0 Å². The number of guanidine groups is 1. The van der Waals surface area contributed by atoms with E-state index in [1.807, 2.05) is 0 Å². The van der Waals surface area contributed by atoms with Gasteiger partial charge in [-0.05, 0) is 32.6 Å². The quantitative estimate of drug-likeness (QED) is 0.460. The summed E-state index contributed by atoms with van der Waals surface area (Å²) in [5.74, 6) is 1.93. The predicted molar refractivity (Wildman–Crippen MR) is 102 cm³/mol. The molecule has 21 heavy (non-hydrogen) atoms. The van der Waals surface area contributed by atoms with E-state index in [1.165, 1.54) is 18.5 Å². The number of aliphatic imine (C=N–C) groups is 1. The van der Waals surface area contributed by atoms with Crippen molar-refractivity contribution in [2.45, 2.75) is 40.0 Å². The number of likely N-dealkylation sites (tertiary alicyclic amines) is 1. The second-order valence-electron chi connectivity index (χ2n) is 5.51. The van der Waals surface area contributed by atoms with Gasteiger partial charge in [0.1, 0.15) is 0 Å². The van der Waals surface area contributed by atoms with Crippen molar-refractivity contribution < 1.29 is 0 Å². The Hall–Kier alpha value is -0.370. The van der Waals surface area contributed by atoms with Gasteiger partial charge in [0, 0.05) is 38.0 Å². The van der Waals surface area contributed by atoms with Crippen molar-refractivity contribution in [3.8, 4) is 0 Å². The second-order valence-corrected chi connectivity index (χ2v) is 6.58. The molecule has 2 rings (SSSR count). The van der Waals surface area contributed by atoms with Crippen LogP contribution < -0.4 is 5.32 Å². The van der Waals surface area contributed by atoms with E-state index in [1.54, 1.807) is 11.3 Å². The summed E-state index contributed by atoms with van der Waals surface area (Å²) < 4.78 is 0. The topological polar surface area (TPSA) is 40.5 Å². The van der Waals surface area contributed by atoms with Crippen LogP contribution in [0.3, 0.4) is 0 Å². The normalized spacial score (nSPS) is 16.7. The van der Waals surface area contributed by atoms with Crippen molar-refractivity contribution in [1.29, 1.82) is 0 Å². The Kier molecular flexibility index (Phi) is 8.55. The summed E-state index contributed by atoms with van der Waals surface area (Å²) in [4.78, 5) is 11.7. The monoisotopic (exact) mass is 422 g/mol. The summed E-state index contributed by atoms with van der Waals surface area (Å²) in [5.41, 5.74) is 1.17. The van der Waals surface area contributed by atoms with E-state index in [2.05, 4.69) is 41.4 Å².